The second-order valence-electron chi connectivity index (χ2n) is 5.98. The van der Waals surface area contributed by atoms with Crippen molar-refractivity contribution in [2.45, 2.75) is 18.9 Å². The first-order valence-electron chi connectivity index (χ1n) is 7.75. The van der Waals surface area contributed by atoms with E-state index in [4.69, 9.17) is 0 Å². The van der Waals surface area contributed by atoms with E-state index in [2.05, 4.69) is 29.3 Å². The summed E-state index contributed by atoms with van der Waals surface area (Å²) in [5.41, 5.74) is 2.42. The molecule has 3 heteroatoms. The lowest BCUT2D eigenvalue weighted by Gasteiger charge is -2.22. The molecule has 0 radical (unpaired) electrons. The first-order chi connectivity index (χ1) is 10.7. The van der Waals surface area contributed by atoms with Crippen molar-refractivity contribution in [2.24, 2.45) is 13.0 Å². The molecule has 0 aliphatic heterocycles. The van der Waals surface area contributed by atoms with Gasteiger partial charge in [0.15, 0.2) is 0 Å². The number of carbonyl (C=O) groups excluding carboxylic acids is 1. The molecule has 0 N–H and O–H groups in total. The predicted molar refractivity (Wildman–Crippen MR) is 88.3 cm³/mol. The van der Waals surface area contributed by atoms with Crippen LogP contribution in [-0.2, 0) is 18.4 Å². The third-order valence-electron chi connectivity index (χ3n) is 4.40. The average molecular weight is 294 g/mol. The van der Waals surface area contributed by atoms with Crippen LogP contribution in [0.15, 0.2) is 61.3 Å². The molecule has 1 saturated carbocycles. The second-order valence-corrected chi connectivity index (χ2v) is 5.98. The third-order valence-corrected chi connectivity index (χ3v) is 4.40. The topological polar surface area (TPSA) is 25.2 Å². The van der Waals surface area contributed by atoms with Crippen LogP contribution in [0.5, 0.6) is 0 Å². The lowest BCUT2D eigenvalue weighted by molar-refractivity contribution is -0.132. The Morgan fingerprint density at radius 2 is 2.09 bits per heavy atom. The van der Waals surface area contributed by atoms with E-state index >= 15 is 0 Å². The van der Waals surface area contributed by atoms with Crippen molar-refractivity contribution in [1.82, 2.24) is 9.47 Å². The Morgan fingerprint density at radius 1 is 1.32 bits per heavy atom. The second kappa shape index (κ2) is 6.22. The van der Waals surface area contributed by atoms with Gasteiger partial charge in [-0.15, -0.1) is 6.58 Å². The van der Waals surface area contributed by atoms with Crippen molar-refractivity contribution in [3.63, 3.8) is 0 Å². The summed E-state index contributed by atoms with van der Waals surface area (Å²) in [6.07, 6.45) is 4.78. The van der Waals surface area contributed by atoms with Gasteiger partial charge in [-0.2, -0.15) is 0 Å². The maximum Gasteiger partial charge on any atom is 0.226 e. The Balaban J connectivity index is 1.69. The van der Waals surface area contributed by atoms with Crippen LogP contribution >= 0.6 is 0 Å². The fourth-order valence-electron chi connectivity index (χ4n) is 3.02. The fourth-order valence-corrected chi connectivity index (χ4v) is 3.02. The molecule has 1 amide bonds. The molecule has 1 aliphatic carbocycles. The van der Waals surface area contributed by atoms with Gasteiger partial charge in [-0.25, -0.2) is 0 Å². The van der Waals surface area contributed by atoms with Crippen LogP contribution < -0.4 is 0 Å². The Morgan fingerprint density at radius 3 is 2.73 bits per heavy atom. The van der Waals surface area contributed by atoms with E-state index in [1.54, 1.807) is 6.08 Å². The summed E-state index contributed by atoms with van der Waals surface area (Å²) >= 11 is 0. The summed E-state index contributed by atoms with van der Waals surface area (Å²) < 4.78 is 2.06. The normalized spacial score (nSPS) is 19.7. The lowest BCUT2D eigenvalue weighted by Crippen LogP contribution is -2.33. The molecule has 3 nitrogen and oxygen atoms in total. The Kier molecular flexibility index (Phi) is 4.14. The van der Waals surface area contributed by atoms with Gasteiger partial charge in [0, 0.05) is 31.4 Å². The molecule has 114 valence electrons. The van der Waals surface area contributed by atoms with E-state index in [1.807, 2.05) is 42.4 Å². The van der Waals surface area contributed by atoms with E-state index in [-0.39, 0.29) is 11.8 Å². The maximum absolute atomic E-state index is 12.8. The van der Waals surface area contributed by atoms with Gasteiger partial charge in [0.2, 0.25) is 5.91 Å². The van der Waals surface area contributed by atoms with Crippen LogP contribution in [0.4, 0.5) is 0 Å². The highest BCUT2D eigenvalue weighted by atomic mass is 16.2. The highest BCUT2D eigenvalue weighted by Crippen LogP contribution is 2.48. The van der Waals surface area contributed by atoms with Crippen LogP contribution in [0.2, 0.25) is 0 Å². The van der Waals surface area contributed by atoms with Gasteiger partial charge in [0.05, 0.1) is 6.54 Å². The van der Waals surface area contributed by atoms with Crippen molar-refractivity contribution < 1.29 is 4.79 Å². The Labute approximate surface area is 131 Å². The summed E-state index contributed by atoms with van der Waals surface area (Å²) in [7, 11) is 2.01. The van der Waals surface area contributed by atoms with Crippen molar-refractivity contribution in [3.05, 3.63) is 72.6 Å². The Bertz CT molecular complexity index is 659. The quantitative estimate of drug-likeness (QED) is 0.750. The molecule has 1 aromatic heterocycles. The van der Waals surface area contributed by atoms with E-state index in [0.29, 0.717) is 19.0 Å². The number of aryl methyl sites for hydroxylation is 1. The largest absolute Gasteiger partial charge is 0.353 e. The van der Waals surface area contributed by atoms with Gasteiger partial charge >= 0.3 is 0 Å². The summed E-state index contributed by atoms with van der Waals surface area (Å²) in [4.78, 5) is 14.7. The molecule has 1 fully saturated rings. The highest BCUT2D eigenvalue weighted by Gasteiger charge is 2.45. The number of benzene rings is 1. The molecule has 1 heterocycles. The van der Waals surface area contributed by atoms with Gasteiger partial charge < -0.3 is 9.47 Å². The summed E-state index contributed by atoms with van der Waals surface area (Å²) in [5, 5.41) is 0. The molecule has 1 aromatic carbocycles. The van der Waals surface area contributed by atoms with Gasteiger partial charge in [0.1, 0.15) is 0 Å². The molecule has 3 rings (SSSR count). The van der Waals surface area contributed by atoms with Gasteiger partial charge in [0.25, 0.3) is 0 Å². The third kappa shape index (κ3) is 2.98. The highest BCUT2D eigenvalue weighted by molar-refractivity contribution is 5.83. The van der Waals surface area contributed by atoms with Crippen molar-refractivity contribution >= 4 is 5.91 Å². The minimum absolute atomic E-state index is 0.127. The number of hydrogen-bond acceptors (Lipinski definition) is 1. The zero-order valence-corrected chi connectivity index (χ0v) is 13.0. The zero-order chi connectivity index (χ0) is 15.5. The number of rotatable bonds is 6. The standard InChI is InChI=1S/C19H22N2O/c1-3-11-21(14-16-10-7-12-20(16)2)19(22)18-13-17(18)15-8-5-4-6-9-15/h3-10,12,17-18H,1,11,13-14H2,2H3. The number of nitrogens with zero attached hydrogens (tertiary/aromatic N) is 2. The lowest BCUT2D eigenvalue weighted by atomic mass is 10.1. The molecule has 0 bridgehead atoms. The maximum atomic E-state index is 12.8. The first-order valence-corrected chi connectivity index (χ1v) is 7.75. The SMILES string of the molecule is C=CCN(Cc1cccn1C)C(=O)C1CC1c1ccccc1. The molecule has 0 saturated heterocycles. The molecule has 22 heavy (non-hydrogen) atoms. The van der Waals surface area contributed by atoms with Crippen LogP contribution in [0.1, 0.15) is 23.6 Å². The van der Waals surface area contributed by atoms with Crippen LogP contribution in [0, 0.1) is 5.92 Å². The number of carbonyl (C=O) groups is 1. The molecular formula is C19H22N2O. The molecular weight excluding hydrogens is 272 g/mol. The monoisotopic (exact) mass is 294 g/mol. The van der Waals surface area contributed by atoms with Gasteiger partial charge in [-0.3, -0.25) is 4.79 Å². The Hall–Kier alpha value is -2.29. The number of hydrogen-bond donors (Lipinski definition) is 0. The average Bonchev–Trinajstić information content (AvgIpc) is 3.25. The molecule has 2 unspecified atom stereocenters. The number of amides is 1. The van der Waals surface area contributed by atoms with Crippen LogP contribution in [-0.4, -0.2) is 21.9 Å². The van der Waals surface area contributed by atoms with E-state index in [0.717, 1.165) is 12.1 Å². The molecule has 0 spiro atoms. The van der Waals surface area contributed by atoms with Crippen LogP contribution in [0.3, 0.4) is 0 Å². The van der Waals surface area contributed by atoms with Crippen molar-refractivity contribution in [3.8, 4) is 0 Å². The molecule has 1 aliphatic rings. The number of aromatic nitrogens is 1. The minimum atomic E-state index is 0.127. The predicted octanol–water partition coefficient (Wildman–Crippen LogP) is 3.34. The van der Waals surface area contributed by atoms with Gasteiger partial charge in [-0.1, -0.05) is 36.4 Å². The smallest absolute Gasteiger partial charge is 0.226 e. The minimum Gasteiger partial charge on any atom is -0.353 e. The zero-order valence-electron chi connectivity index (χ0n) is 13.0. The van der Waals surface area contributed by atoms with Crippen molar-refractivity contribution in [2.75, 3.05) is 6.54 Å². The van der Waals surface area contributed by atoms with Gasteiger partial charge in [-0.05, 0) is 30.0 Å². The van der Waals surface area contributed by atoms with E-state index < -0.39 is 0 Å². The first kappa shape index (κ1) is 14.6. The van der Waals surface area contributed by atoms with E-state index in [9.17, 15) is 4.79 Å². The summed E-state index contributed by atoms with van der Waals surface area (Å²) in [6.45, 7) is 5.04. The summed E-state index contributed by atoms with van der Waals surface area (Å²) in [5.74, 6) is 0.756. The fraction of sp³-hybridized carbons (Fsp3) is 0.316. The van der Waals surface area contributed by atoms with E-state index in [1.165, 1.54) is 5.56 Å². The van der Waals surface area contributed by atoms with Crippen molar-refractivity contribution in [1.29, 1.82) is 0 Å². The van der Waals surface area contributed by atoms with Crippen LogP contribution in [0.25, 0.3) is 0 Å². The molecule has 2 aromatic rings. The summed E-state index contributed by atoms with van der Waals surface area (Å²) in [6, 6.07) is 14.4. The molecule has 2 atom stereocenters.